The van der Waals surface area contributed by atoms with E-state index in [2.05, 4.69) is 30.7 Å². The van der Waals surface area contributed by atoms with Crippen molar-refractivity contribution in [1.82, 2.24) is 25.7 Å². The summed E-state index contributed by atoms with van der Waals surface area (Å²) in [5.41, 5.74) is 0.854. The van der Waals surface area contributed by atoms with E-state index in [1.165, 1.54) is 58.0 Å². The van der Waals surface area contributed by atoms with Crippen LogP contribution in [-0.2, 0) is 6.42 Å². The fraction of sp³-hybridized carbons (Fsp3) is 0.609. The fourth-order valence-electron chi connectivity index (χ4n) is 4.63. The molecular weight excluding hydrogens is 412 g/mol. The third-order valence-electron chi connectivity index (χ3n) is 6.37. The van der Waals surface area contributed by atoms with Crippen molar-refractivity contribution in [3.8, 4) is 11.4 Å². The number of nitrogens with zero attached hydrogens (tertiary/aromatic N) is 4. The minimum absolute atomic E-state index is 0.476. The molecule has 2 aromatic rings. The molecule has 2 aliphatic rings. The van der Waals surface area contributed by atoms with Gasteiger partial charge in [0.05, 0.1) is 0 Å². The number of piperidine rings is 1. The molecule has 31 heavy (non-hydrogen) atoms. The largest absolute Gasteiger partial charge is 0.356 e. The van der Waals surface area contributed by atoms with Crippen LogP contribution in [0.4, 0.5) is 0 Å². The maximum absolute atomic E-state index is 6.04. The monoisotopic (exact) mass is 444 g/mol. The Hall–Kier alpha value is -2.12. The van der Waals surface area contributed by atoms with Crippen molar-refractivity contribution in [3.05, 3.63) is 35.2 Å². The van der Waals surface area contributed by atoms with Gasteiger partial charge in [0.1, 0.15) is 0 Å². The Morgan fingerprint density at radius 2 is 2.00 bits per heavy atom. The SMILES string of the molecule is CN=C(NCCc1nc(-c2cccc(Cl)c2)no1)NC1CCN(C2CCCCC2)CC1. The molecule has 2 N–H and O–H groups in total. The maximum atomic E-state index is 6.04. The van der Waals surface area contributed by atoms with Crippen LogP contribution in [0.1, 0.15) is 50.8 Å². The predicted octanol–water partition coefficient (Wildman–Crippen LogP) is 3.89. The Bertz CT molecular complexity index is 855. The van der Waals surface area contributed by atoms with Gasteiger partial charge in [-0.3, -0.25) is 4.99 Å². The van der Waals surface area contributed by atoms with E-state index in [4.69, 9.17) is 16.1 Å². The molecule has 1 aromatic carbocycles. The zero-order chi connectivity index (χ0) is 21.5. The first-order valence-electron chi connectivity index (χ1n) is 11.5. The lowest BCUT2D eigenvalue weighted by molar-refractivity contribution is 0.119. The van der Waals surface area contributed by atoms with Crippen LogP contribution in [-0.4, -0.2) is 59.8 Å². The molecule has 7 nitrogen and oxygen atoms in total. The zero-order valence-corrected chi connectivity index (χ0v) is 19.1. The minimum atomic E-state index is 0.476. The summed E-state index contributed by atoms with van der Waals surface area (Å²) in [6.45, 7) is 3.05. The zero-order valence-electron chi connectivity index (χ0n) is 18.3. The van der Waals surface area contributed by atoms with E-state index in [1.54, 1.807) is 0 Å². The second-order valence-corrected chi connectivity index (χ2v) is 8.95. The molecule has 0 atom stereocenters. The van der Waals surface area contributed by atoms with Crippen molar-refractivity contribution >= 4 is 17.6 Å². The van der Waals surface area contributed by atoms with Crippen molar-refractivity contribution in [2.75, 3.05) is 26.7 Å². The highest BCUT2D eigenvalue weighted by atomic mass is 35.5. The molecule has 8 heteroatoms. The maximum Gasteiger partial charge on any atom is 0.228 e. The van der Waals surface area contributed by atoms with E-state index in [1.807, 2.05) is 31.3 Å². The van der Waals surface area contributed by atoms with E-state index in [9.17, 15) is 0 Å². The van der Waals surface area contributed by atoms with Gasteiger partial charge in [-0.05, 0) is 37.8 Å². The van der Waals surface area contributed by atoms with Crippen LogP contribution in [0.3, 0.4) is 0 Å². The van der Waals surface area contributed by atoms with E-state index in [-0.39, 0.29) is 0 Å². The van der Waals surface area contributed by atoms with Gasteiger partial charge in [0, 0.05) is 55.8 Å². The van der Waals surface area contributed by atoms with Crippen LogP contribution >= 0.6 is 11.6 Å². The Labute approximate surface area is 189 Å². The molecule has 1 aliphatic heterocycles. The summed E-state index contributed by atoms with van der Waals surface area (Å²) in [5.74, 6) is 1.99. The van der Waals surface area contributed by atoms with E-state index in [0.717, 1.165) is 17.6 Å². The summed E-state index contributed by atoms with van der Waals surface area (Å²) in [4.78, 5) is 11.6. The number of aromatic nitrogens is 2. The van der Waals surface area contributed by atoms with Crippen molar-refractivity contribution in [2.45, 2.75) is 63.5 Å². The minimum Gasteiger partial charge on any atom is -0.356 e. The molecule has 0 radical (unpaired) electrons. The summed E-state index contributed by atoms with van der Waals surface area (Å²) < 4.78 is 5.38. The summed E-state index contributed by atoms with van der Waals surface area (Å²) in [5, 5.41) is 11.7. The number of benzene rings is 1. The van der Waals surface area contributed by atoms with Crippen LogP contribution in [0.5, 0.6) is 0 Å². The normalized spacial score (nSPS) is 19.5. The quantitative estimate of drug-likeness (QED) is 0.519. The molecular formula is C23H33ClN6O. The summed E-state index contributed by atoms with van der Waals surface area (Å²) in [6, 6.07) is 8.75. The molecule has 0 unspecified atom stereocenters. The van der Waals surface area contributed by atoms with Gasteiger partial charge in [-0.1, -0.05) is 48.2 Å². The Morgan fingerprint density at radius 1 is 1.19 bits per heavy atom. The standard InChI is InChI=1S/C23H33ClN6O/c1-25-23(27-19-11-14-30(15-12-19)20-8-3-2-4-9-20)26-13-10-21-28-22(29-31-21)17-6-5-7-18(24)16-17/h5-7,16,19-20H,2-4,8-15H2,1H3,(H2,25,26,27). The highest BCUT2D eigenvalue weighted by Gasteiger charge is 2.26. The van der Waals surface area contributed by atoms with E-state index < -0.39 is 0 Å². The van der Waals surface area contributed by atoms with Crippen LogP contribution in [0, 0.1) is 0 Å². The average Bonchev–Trinajstić information content (AvgIpc) is 3.28. The average molecular weight is 445 g/mol. The number of rotatable bonds is 6. The molecule has 0 spiro atoms. The van der Waals surface area contributed by atoms with Crippen LogP contribution in [0.15, 0.2) is 33.8 Å². The van der Waals surface area contributed by atoms with Crippen LogP contribution < -0.4 is 10.6 Å². The second-order valence-electron chi connectivity index (χ2n) is 8.52. The number of nitrogens with one attached hydrogen (secondary N) is 2. The van der Waals surface area contributed by atoms with Crippen LogP contribution in [0.25, 0.3) is 11.4 Å². The smallest absolute Gasteiger partial charge is 0.228 e. The topological polar surface area (TPSA) is 78.6 Å². The first-order chi connectivity index (χ1) is 15.2. The van der Waals surface area contributed by atoms with Crippen molar-refractivity contribution in [2.24, 2.45) is 4.99 Å². The van der Waals surface area contributed by atoms with Gasteiger partial charge >= 0.3 is 0 Å². The molecule has 1 aromatic heterocycles. The number of halogens is 1. The lowest BCUT2D eigenvalue weighted by atomic mass is 9.92. The number of likely N-dealkylation sites (tertiary alicyclic amines) is 1. The van der Waals surface area contributed by atoms with E-state index >= 15 is 0 Å². The van der Waals surface area contributed by atoms with Gasteiger partial charge in [-0.15, -0.1) is 0 Å². The molecule has 4 rings (SSSR count). The number of hydrogen-bond donors (Lipinski definition) is 2. The predicted molar refractivity (Wildman–Crippen MR) is 124 cm³/mol. The molecule has 1 aliphatic carbocycles. The van der Waals surface area contributed by atoms with Gasteiger partial charge in [0.2, 0.25) is 11.7 Å². The molecule has 168 valence electrons. The van der Waals surface area contributed by atoms with Gasteiger partial charge < -0.3 is 20.1 Å². The Balaban J connectivity index is 1.19. The number of aliphatic imine (C=N–C) groups is 1. The molecule has 2 fully saturated rings. The number of hydrogen-bond acceptors (Lipinski definition) is 5. The first kappa shape index (κ1) is 22.1. The summed E-state index contributed by atoms with van der Waals surface area (Å²) in [6.07, 6.45) is 9.97. The summed E-state index contributed by atoms with van der Waals surface area (Å²) in [7, 11) is 1.82. The van der Waals surface area contributed by atoms with Gasteiger partial charge in [0.15, 0.2) is 5.96 Å². The van der Waals surface area contributed by atoms with Crippen molar-refractivity contribution in [3.63, 3.8) is 0 Å². The molecule has 2 heterocycles. The molecule has 0 bridgehead atoms. The molecule has 0 amide bonds. The highest BCUT2D eigenvalue weighted by molar-refractivity contribution is 6.30. The van der Waals surface area contributed by atoms with Crippen molar-refractivity contribution < 1.29 is 4.52 Å². The third-order valence-corrected chi connectivity index (χ3v) is 6.60. The van der Waals surface area contributed by atoms with Gasteiger partial charge in [-0.25, -0.2) is 0 Å². The van der Waals surface area contributed by atoms with Gasteiger partial charge in [0.25, 0.3) is 0 Å². The van der Waals surface area contributed by atoms with Gasteiger partial charge in [-0.2, -0.15) is 4.98 Å². The Kier molecular flexibility index (Phi) is 7.81. The summed E-state index contributed by atoms with van der Waals surface area (Å²) >= 11 is 6.04. The third kappa shape index (κ3) is 6.20. The first-order valence-corrected chi connectivity index (χ1v) is 11.9. The van der Waals surface area contributed by atoms with Crippen molar-refractivity contribution in [1.29, 1.82) is 0 Å². The van der Waals surface area contributed by atoms with E-state index in [0.29, 0.717) is 35.7 Å². The molecule has 1 saturated heterocycles. The lowest BCUT2D eigenvalue weighted by Gasteiger charge is -2.39. The lowest BCUT2D eigenvalue weighted by Crippen LogP contribution is -2.51. The van der Waals surface area contributed by atoms with Crippen LogP contribution in [0.2, 0.25) is 5.02 Å². The fourth-order valence-corrected chi connectivity index (χ4v) is 4.82. The molecule has 1 saturated carbocycles. The highest BCUT2D eigenvalue weighted by Crippen LogP contribution is 2.25. The Morgan fingerprint density at radius 3 is 2.74 bits per heavy atom. The second kappa shape index (κ2) is 11.0. The number of guanidine groups is 1.